The van der Waals surface area contributed by atoms with Crippen LogP contribution < -0.4 is 0 Å². The van der Waals surface area contributed by atoms with Gasteiger partial charge in [-0.2, -0.15) is 0 Å². The highest BCUT2D eigenvalue weighted by atomic mass is 16.4. The van der Waals surface area contributed by atoms with Crippen molar-refractivity contribution in [2.45, 2.75) is 110 Å². The van der Waals surface area contributed by atoms with Gasteiger partial charge in [0.15, 0.2) is 5.92 Å². The Bertz CT molecular complexity index is 376. The van der Waals surface area contributed by atoms with Crippen LogP contribution in [0.1, 0.15) is 110 Å². The second kappa shape index (κ2) is 17.1. The molecule has 0 aromatic heterocycles. The lowest BCUT2D eigenvalue weighted by molar-refractivity contribution is -0.152. The van der Waals surface area contributed by atoms with E-state index in [-0.39, 0.29) is 0 Å². The fourth-order valence-corrected chi connectivity index (χ4v) is 3.32. The Labute approximate surface area is 160 Å². The summed E-state index contributed by atoms with van der Waals surface area (Å²) in [5.41, 5.74) is 0.305. The SMILES string of the molecule is C=C(CCCCCCCCCCCCCCCCC)C(C(=O)O)C(=O)O. The highest BCUT2D eigenvalue weighted by molar-refractivity contribution is 5.96. The number of unbranched alkanes of at least 4 members (excludes halogenated alkanes) is 14. The molecule has 0 aromatic carbocycles. The molecule has 26 heavy (non-hydrogen) atoms. The highest BCUT2D eigenvalue weighted by Crippen LogP contribution is 2.19. The smallest absolute Gasteiger partial charge is 0.322 e. The zero-order valence-corrected chi connectivity index (χ0v) is 16.8. The van der Waals surface area contributed by atoms with E-state index in [1.54, 1.807) is 0 Å². The third-order valence-electron chi connectivity index (χ3n) is 5.00. The van der Waals surface area contributed by atoms with Gasteiger partial charge in [0.2, 0.25) is 0 Å². The molecule has 0 fully saturated rings. The van der Waals surface area contributed by atoms with E-state index in [9.17, 15) is 9.59 Å². The summed E-state index contributed by atoms with van der Waals surface area (Å²) in [7, 11) is 0. The summed E-state index contributed by atoms with van der Waals surface area (Å²) in [6.07, 6.45) is 19.6. The molecular formula is C22H40O4. The molecule has 0 aliphatic rings. The van der Waals surface area contributed by atoms with Gasteiger partial charge < -0.3 is 10.2 Å². The minimum atomic E-state index is -1.46. The third kappa shape index (κ3) is 13.9. The summed E-state index contributed by atoms with van der Waals surface area (Å²) in [6, 6.07) is 0. The first kappa shape index (κ1) is 24.7. The number of carboxylic acid groups (broad SMARTS) is 2. The van der Waals surface area contributed by atoms with E-state index in [0.29, 0.717) is 12.0 Å². The Kier molecular flexibility index (Phi) is 16.2. The monoisotopic (exact) mass is 368 g/mol. The molecule has 0 atom stereocenters. The molecule has 0 saturated heterocycles. The molecule has 0 heterocycles. The van der Waals surface area contributed by atoms with Crippen LogP contribution in [-0.4, -0.2) is 22.2 Å². The van der Waals surface area contributed by atoms with Gasteiger partial charge >= 0.3 is 11.9 Å². The normalized spacial score (nSPS) is 11.0. The van der Waals surface area contributed by atoms with Crippen molar-refractivity contribution in [1.82, 2.24) is 0 Å². The van der Waals surface area contributed by atoms with Gasteiger partial charge in [-0.25, -0.2) is 0 Å². The lowest BCUT2D eigenvalue weighted by atomic mass is 9.95. The predicted molar refractivity (Wildman–Crippen MR) is 107 cm³/mol. The summed E-state index contributed by atoms with van der Waals surface area (Å²) in [6.45, 7) is 5.89. The molecule has 2 N–H and O–H groups in total. The van der Waals surface area contributed by atoms with Gasteiger partial charge in [-0.3, -0.25) is 9.59 Å². The summed E-state index contributed by atoms with van der Waals surface area (Å²) in [4.78, 5) is 21.8. The number of aliphatic carboxylic acids is 2. The van der Waals surface area contributed by atoms with Gasteiger partial charge in [-0.05, 0) is 12.8 Å². The van der Waals surface area contributed by atoms with E-state index in [2.05, 4.69) is 13.5 Å². The van der Waals surface area contributed by atoms with Crippen LogP contribution in [0, 0.1) is 5.92 Å². The molecular weight excluding hydrogens is 328 g/mol. The maximum absolute atomic E-state index is 10.9. The van der Waals surface area contributed by atoms with Crippen molar-refractivity contribution in [2.75, 3.05) is 0 Å². The van der Waals surface area contributed by atoms with E-state index in [0.717, 1.165) is 19.3 Å². The van der Waals surface area contributed by atoms with Crippen molar-refractivity contribution in [3.63, 3.8) is 0 Å². The van der Waals surface area contributed by atoms with Crippen molar-refractivity contribution < 1.29 is 19.8 Å². The largest absolute Gasteiger partial charge is 0.480 e. The molecule has 0 aromatic rings. The molecule has 0 rings (SSSR count). The van der Waals surface area contributed by atoms with E-state index < -0.39 is 17.9 Å². The standard InChI is InChI=1S/C22H40O4/c1-3-4-5-6-7-8-9-10-11-12-13-14-15-16-17-18-19(2)20(21(23)24)22(25)26/h20H,2-18H2,1H3,(H,23,24)(H,25,26). The molecule has 0 aliphatic carbocycles. The first-order valence-electron chi connectivity index (χ1n) is 10.6. The quantitative estimate of drug-likeness (QED) is 0.153. The third-order valence-corrected chi connectivity index (χ3v) is 5.00. The van der Waals surface area contributed by atoms with Gasteiger partial charge in [0.1, 0.15) is 0 Å². The van der Waals surface area contributed by atoms with Crippen LogP contribution >= 0.6 is 0 Å². The van der Waals surface area contributed by atoms with E-state index in [1.807, 2.05) is 0 Å². The Hall–Kier alpha value is -1.32. The summed E-state index contributed by atoms with van der Waals surface area (Å²) < 4.78 is 0. The topological polar surface area (TPSA) is 74.6 Å². The molecule has 4 nitrogen and oxygen atoms in total. The predicted octanol–water partition coefficient (Wildman–Crippen LogP) is 6.59. The lowest BCUT2D eigenvalue weighted by Crippen LogP contribution is -2.25. The summed E-state index contributed by atoms with van der Waals surface area (Å²) in [5, 5.41) is 17.8. The first-order valence-corrected chi connectivity index (χ1v) is 10.6. The summed E-state index contributed by atoms with van der Waals surface area (Å²) in [5.74, 6) is -4.09. The molecule has 0 saturated carbocycles. The van der Waals surface area contributed by atoms with Crippen LogP contribution in [-0.2, 0) is 9.59 Å². The lowest BCUT2D eigenvalue weighted by Gasteiger charge is -2.10. The first-order chi connectivity index (χ1) is 12.5. The van der Waals surface area contributed by atoms with Crippen LogP contribution in [0.3, 0.4) is 0 Å². The average molecular weight is 369 g/mol. The van der Waals surface area contributed by atoms with Gasteiger partial charge in [0, 0.05) is 0 Å². The van der Waals surface area contributed by atoms with Gasteiger partial charge in [-0.15, -0.1) is 0 Å². The van der Waals surface area contributed by atoms with Crippen LogP contribution in [0.2, 0.25) is 0 Å². The van der Waals surface area contributed by atoms with E-state index in [1.165, 1.54) is 77.0 Å². The fraction of sp³-hybridized carbons (Fsp3) is 0.818. The van der Waals surface area contributed by atoms with Crippen LogP contribution in [0.5, 0.6) is 0 Å². The minimum Gasteiger partial charge on any atom is -0.480 e. The van der Waals surface area contributed by atoms with Gasteiger partial charge in [-0.1, -0.05) is 109 Å². The molecule has 0 unspecified atom stereocenters. The van der Waals surface area contributed by atoms with Crippen molar-refractivity contribution in [1.29, 1.82) is 0 Å². The Morgan fingerprint density at radius 2 is 0.962 bits per heavy atom. The molecule has 0 radical (unpaired) electrons. The molecule has 4 heteroatoms. The maximum Gasteiger partial charge on any atom is 0.322 e. The molecule has 0 aliphatic heterocycles. The van der Waals surface area contributed by atoms with Crippen LogP contribution in [0.25, 0.3) is 0 Å². The van der Waals surface area contributed by atoms with Crippen molar-refractivity contribution in [3.8, 4) is 0 Å². The van der Waals surface area contributed by atoms with Gasteiger partial charge in [0.05, 0.1) is 0 Å². The Balaban J connectivity index is 3.37. The van der Waals surface area contributed by atoms with Crippen molar-refractivity contribution in [3.05, 3.63) is 12.2 Å². The number of carboxylic acids is 2. The number of rotatable bonds is 19. The minimum absolute atomic E-state index is 0.305. The molecule has 0 bridgehead atoms. The average Bonchev–Trinajstić information content (AvgIpc) is 2.57. The van der Waals surface area contributed by atoms with Gasteiger partial charge in [0.25, 0.3) is 0 Å². The van der Waals surface area contributed by atoms with Crippen LogP contribution in [0.4, 0.5) is 0 Å². The highest BCUT2D eigenvalue weighted by Gasteiger charge is 2.28. The zero-order valence-electron chi connectivity index (χ0n) is 16.8. The molecule has 152 valence electrons. The summed E-state index contributed by atoms with van der Waals surface area (Å²) >= 11 is 0. The van der Waals surface area contributed by atoms with Crippen molar-refractivity contribution >= 4 is 11.9 Å². The van der Waals surface area contributed by atoms with E-state index >= 15 is 0 Å². The fourth-order valence-electron chi connectivity index (χ4n) is 3.32. The second-order valence-electron chi connectivity index (χ2n) is 7.47. The second-order valence-corrected chi connectivity index (χ2v) is 7.47. The Morgan fingerprint density at radius 1 is 0.654 bits per heavy atom. The number of hydrogen-bond donors (Lipinski definition) is 2. The number of carbonyl (C=O) groups is 2. The zero-order chi connectivity index (χ0) is 19.6. The number of hydrogen-bond acceptors (Lipinski definition) is 2. The maximum atomic E-state index is 10.9. The van der Waals surface area contributed by atoms with Crippen molar-refractivity contribution in [2.24, 2.45) is 5.92 Å². The molecule has 0 spiro atoms. The molecule has 0 amide bonds. The Morgan fingerprint density at radius 3 is 1.27 bits per heavy atom. The van der Waals surface area contributed by atoms with E-state index in [4.69, 9.17) is 10.2 Å². The van der Waals surface area contributed by atoms with Crippen LogP contribution in [0.15, 0.2) is 12.2 Å².